The lowest BCUT2D eigenvalue weighted by atomic mass is 10.2. The third-order valence-corrected chi connectivity index (χ3v) is 5.23. The molecular formula is C22H21N5O2S. The summed E-state index contributed by atoms with van der Waals surface area (Å²) in [5.74, 6) is 0.865. The molecule has 7 nitrogen and oxygen atoms in total. The summed E-state index contributed by atoms with van der Waals surface area (Å²) < 4.78 is 7.21. The van der Waals surface area contributed by atoms with Gasteiger partial charge in [-0.05, 0) is 43.5 Å². The molecule has 4 aromatic rings. The smallest absolute Gasteiger partial charge is 0.255 e. The Morgan fingerprint density at radius 1 is 1.13 bits per heavy atom. The molecule has 0 aliphatic heterocycles. The van der Waals surface area contributed by atoms with Gasteiger partial charge in [-0.1, -0.05) is 18.2 Å². The number of rotatable bonds is 7. The monoisotopic (exact) mass is 419 g/mol. The maximum absolute atomic E-state index is 12.8. The molecule has 3 heterocycles. The molecule has 8 heteroatoms. The van der Waals surface area contributed by atoms with E-state index < -0.39 is 0 Å². The van der Waals surface area contributed by atoms with Crippen LogP contribution in [0.15, 0.2) is 70.4 Å². The quantitative estimate of drug-likeness (QED) is 0.361. The number of aromatic nitrogens is 4. The second-order valence-corrected chi connectivity index (χ2v) is 7.38. The van der Waals surface area contributed by atoms with E-state index >= 15 is 0 Å². The molecular weight excluding hydrogens is 398 g/mol. The molecule has 0 saturated heterocycles. The van der Waals surface area contributed by atoms with Crippen molar-refractivity contribution in [2.75, 3.05) is 12.8 Å². The predicted molar refractivity (Wildman–Crippen MR) is 116 cm³/mol. The molecule has 0 spiro atoms. The number of carbonyl (C=O) groups is 1. The van der Waals surface area contributed by atoms with E-state index in [0.29, 0.717) is 40.8 Å². The number of furan rings is 1. The second kappa shape index (κ2) is 8.96. The van der Waals surface area contributed by atoms with Crippen molar-refractivity contribution >= 4 is 17.7 Å². The number of aryl methyl sites for hydroxylation is 1. The first-order valence-corrected chi connectivity index (χ1v) is 10.7. The van der Waals surface area contributed by atoms with Gasteiger partial charge in [-0.2, -0.15) is 5.10 Å². The summed E-state index contributed by atoms with van der Waals surface area (Å²) in [6.45, 7) is 2.28. The third kappa shape index (κ3) is 4.28. The van der Waals surface area contributed by atoms with Crippen LogP contribution in [0.2, 0.25) is 0 Å². The fourth-order valence-corrected chi connectivity index (χ4v) is 3.71. The van der Waals surface area contributed by atoms with Crippen LogP contribution in [0, 0.1) is 6.92 Å². The van der Waals surface area contributed by atoms with E-state index in [1.54, 1.807) is 18.4 Å². The average molecular weight is 420 g/mol. The molecule has 3 aromatic heterocycles. The van der Waals surface area contributed by atoms with Gasteiger partial charge in [0.1, 0.15) is 5.03 Å². The van der Waals surface area contributed by atoms with Crippen molar-refractivity contribution in [2.24, 2.45) is 0 Å². The Bertz CT molecular complexity index is 1140. The van der Waals surface area contributed by atoms with E-state index in [2.05, 4.69) is 20.4 Å². The topological polar surface area (TPSA) is 85.8 Å². The van der Waals surface area contributed by atoms with Gasteiger partial charge in [-0.3, -0.25) is 4.79 Å². The normalized spacial score (nSPS) is 10.9. The average Bonchev–Trinajstić information content (AvgIpc) is 3.46. The Kier molecular flexibility index (Phi) is 5.94. The molecule has 30 heavy (non-hydrogen) atoms. The highest BCUT2D eigenvalue weighted by Gasteiger charge is 2.19. The van der Waals surface area contributed by atoms with Crippen molar-refractivity contribution in [1.29, 1.82) is 0 Å². The zero-order valence-electron chi connectivity index (χ0n) is 16.7. The first-order valence-electron chi connectivity index (χ1n) is 9.50. The number of nitrogens with zero attached hydrogens (tertiary/aromatic N) is 4. The number of carbonyl (C=O) groups excluding carboxylic acids is 1. The molecule has 0 saturated carbocycles. The van der Waals surface area contributed by atoms with Crippen molar-refractivity contribution in [3.05, 3.63) is 77.9 Å². The van der Waals surface area contributed by atoms with Gasteiger partial charge in [0.15, 0.2) is 11.6 Å². The van der Waals surface area contributed by atoms with Crippen LogP contribution in [0.25, 0.3) is 17.3 Å². The van der Waals surface area contributed by atoms with Gasteiger partial charge in [0.25, 0.3) is 5.91 Å². The Balaban J connectivity index is 1.42. The van der Waals surface area contributed by atoms with Gasteiger partial charge in [-0.15, -0.1) is 11.8 Å². The van der Waals surface area contributed by atoms with Crippen molar-refractivity contribution in [3.63, 3.8) is 0 Å². The molecule has 1 N–H and O–H groups in total. The maximum Gasteiger partial charge on any atom is 0.255 e. The van der Waals surface area contributed by atoms with E-state index in [1.165, 1.54) is 11.8 Å². The molecule has 4 rings (SSSR count). The van der Waals surface area contributed by atoms with Crippen LogP contribution in [0.1, 0.15) is 21.7 Å². The van der Waals surface area contributed by atoms with Crippen molar-refractivity contribution in [1.82, 2.24) is 25.1 Å². The maximum atomic E-state index is 12.8. The highest BCUT2D eigenvalue weighted by atomic mass is 32.2. The number of hydrogen-bond acceptors (Lipinski definition) is 6. The van der Waals surface area contributed by atoms with Crippen molar-refractivity contribution in [2.45, 2.75) is 18.4 Å². The van der Waals surface area contributed by atoms with Crippen LogP contribution in [0.5, 0.6) is 0 Å². The number of nitrogens with one attached hydrogen (secondary N) is 1. The molecule has 0 aliphatic carbocycles. The summed E-state index contributed by atoms with van der Waals surface area (Å²) >= 11 is 1.41. The first kappa shape index (κ1) is 19.9. The molecule has 0 atom stereocenters. The van der Waals surface area contributed by atoms with Crippen LogP contribution in [-0.4, -0.2) is 38.5 Å². The first-order chi connectivity index (χ1) is 14.7. The summed E-state index contributed by atoms with van der Waals surface area (Å²) in [4.78, 5) is 21.8. The minimum atomic E-state index is -0.190. The fourth-order valence-electron chi connectivity index (χ4n) is 3.08. The minimum absolute atomic E-state index is 0.190. The highest BCUT2D eigenvalue weighted by molar-refractivity contribution is 7.98. The van der Waals surface area contributed by atoms with Crippen LogP contribution in [-0.2, 0) is 6.42 Å². The lowest BCUT2D eigenvalue weighted by Crippen LogP contribution is -2.28. The van der Waals surface area contributed by atoms with Gasteiger partial charge in [-0.25, -0.2) is 14.6 Å². The summed E-state index contributed by atoms with van der Waals surface area (Å²) in [5, 5.41) is 8.15. The second-order valence-electron chi connectivity index (χ2n) is 6.59. The molecule has 152 valence electrons. The summed E-state index contributed by atoms with van der Waals surface area (Å²) in [6, 6.07) is 15.5. The Morgan fingerprint density at radius 2 is 1.97 bits per heavy atom. The SMILES string of the molecule is CSc1nc(-c2ccco2)nc(C)c1C(=O)NCCc1ccn(-c2ccccc2)n1. The van der Waals surface area contributed by atoms with E-state index in [0.717, 1.165) is 11.4 Å². The molecule has 0 bridgehead atoms. The number of thioether (sulfide) groups is 1. The Morgan fingerprint density at radius 3 is 2.70 bits per heavy atom. The zero-order valence-corrected chi connectivity index (χ0v) is 17.5. The predicted octanol–water partition coefficient (Wildman–Crippen LogP) is 3.93. The fraction of sp³-hybridized carbons (Fsp3) is 0.182. The van der Waals surface area contributed by atoms with E-state index in [4.69, 9.17) is 4.42 Å². The van der Waals surface area contributed by atoms with Gasteiger partial charge in [0.05, 0.1) is 28.9 Å². The zero-order chi connectivity index (χ0) is 20.9. The number of amides is 1. The largest absolute Gasteiger partial charge is 0.461 e. The van der Waals surface area contributed by atoms with Gasteiger partial charge < -0.3 is 9.73 Å². The third-order valence-electron chi connectivity index (χ3n) is 4.55. The molecule has 1 aromatic carbocycles. The van der Waals surface area contributed by atoms with E-state index in [9.17, 15) is 4.79 Å². The standard InChI is InChI=1S/C22H21N5O2S/c1-15-19(22(30-2)25-20(24-15)18-9-6-14-29-18)21(28)23-12-10-16-11-13-27(26-16)17-7-4-3-5-8-17/h3-9,11,13-14H,10,12H2,1-2H3,(H,23,28). The molecule has 0 fully saturated rings. The molecule has 1 amide bonds. The molecule has 0 radical (unpaired) electrons. The summed E-state index contributed by atoms with van der Waals surface area (Å²) in [7, 11) is 0. The Hall–Kier alpha value is -3.39. The van der Waals surface area contributed by atoms with Crippen molar-refractivity contribution in [3.8, 4) is 17.3 Å². The molecule has 0 unspecified atom stereocenters. The lowest BCUT2D eigenvalue weighted by molar-refractivity contribution is 0.0949. The van der Waals surface area contributed by atoms with E-state index in [1.807, 2.05) is 60.5 Å². The van der Waals surface area contributed by atoms with Gasteiger partial charge in [0, 0.05) is 19.2 Å². The Labute approximate surface area is 178 Å². The molecule has 0 aliphatic rings. The highest BCUT2D eigenvalue weighted by Crippen LogP contribution is 2.25. The van der Waals surface area contributed by atoms with Gasteiger partial charge >= 0.3 is 0 Å². The van der Waals surface area contributed by atoms with E-state index in [-0.39, 0.29) is 5.91 Å². The number of benzene rings is 1. The van der Waals surface area contributed by atoms with Crippen LogP contribution in [0.4, 0.5) is 0 Å². The van der Waals surface area contributed by atoms with Crippen LogP contribution >= 0.6 is 11.8 Å². The summed E-state index contributed by atoms with van der Waals surface area (Å²) in [6.07, 6.45) is 6.02. The van der Waals surface area contributed by atoms with Gasteiger partial charge in [0.2, 0.25) is 0 Å². The lowest BCUT2D eigenvalue weighted by Gasteiger charge is -2.11. The van der Waals surface area contributed by atoms with Crippen LogP contribution < -0.4 is 5.32 Å². The minimum Gasteiger partial charge on any atom is -0.461 e. The van der Waals surface area contributed by atoms with Crippen molar-refractivity contribution < 1.29 is 9.21 Å². The van der Waals surface area contributed by atoms with Crippen LogP contribution in [0.3, 0.4) is 0 Å². The number of para-hydroxylation sites is 1. The number of hydrogen-bond donors (Lipinski definition) is 1. The summed E-state index contributed by atoms with van der Waals surface area (Å²) in [5.41, 5.74) is 3.02.